The van der Waals surface area contributed by atoms with Crippen LogP contribution in [0.1, 0.15) is 23.6 Å². The Morgan fingerprint density at radius 1 is 1.10 bits per heavy atom. The van der Waals surface area contributed by atoms with Crippen LogP contribution in [0.15, 0.2) is 66.7 Å². The Kier molecular flexibility index (Phi) is 6.97. The predicted octanol–water partition coefficient (Wildman–Crippen LogP) is 5.78. The Morgan fingerprint density at radius 2 is 1.90 bits per heavy atom. The highest BCUT2D eigenvalue weighted by atomic mass is 19.1. The Bertz CT molecular complexity index is 1170. The van der Waals surface area contributed by atoms with Crippen molar-refractivity contribution in [3.63, 3.8) is 0 Å². The normalized spacial score (nSPS) is 10.9. The summed E-state index contributed by atoms with van der Waals surface area (Å²) in [6.45, 7) is 2.36. The third-order valence-corrected chi connectivity index (χ3v) is 4.35. The molecule has 0 spiro atoms. The van der Waals surface area contributed by atoms with Crippen molar-refractivity contribution in [3.8, 4) is 17.6 Å². The van der Waals surface area contributed by atoms with Crippen molar-refractivity contribution in [2.45, 2.75) is 13.5 Å². The maximum atomic E-state index is 13.5. The number of hydrogen-bond acceptors (Lipinski definition) is 5. The van der Waals surface area contributed by atoms with Crippen LogP contribution < -0.4 is 9.47 Å². The van der Waals surface area contributed by atoms with Gasteiger partial charge in [-0.05, 0) is 54.0 Å². The fourth-order valence-electron chi connectivity index (χ4n) is 2.93. The highest BCUT2D eigenvalue weighted by Crippen LogP contribution is 2.31. The fraction of sp³-hybridized carbons (Fsp3) is 0.125. The topological polar surface area (TPSA) is 85.4 Å². The van der Waals surface area contributed by atoms with Crippen molar-refractivity contribution in [2.24, 2.45) is 0 Å². The van der Waals surface area contributed by atoms with Crippen molar-refractivity contribution in [2.75, 3.05) is 6.61 Å². The number of rotatable bonds is 8. The summed E-state index contributed by atoms with van der Waals surface area (Å²) in [6, 6.07) is 19.3. The lowest BCUT2D eigenvalue weighted by Gasteiger charge is -2.13. The Hall–Kier alpha value is -4.18. The van der Waals surface area contributed by atoms with E-state index in [1.54, 1.807) is 48.5 Å². The first kappa shape index (κ1) is 21.5. The number of benzene rings is 3. The summed E-state index contributed by atoms with van der Waals surface area (Å²) in [7, 11) is 0. The lowest BCUT2D eigenvalue weighted by atomic mass is 10.0. The maximum Gasteiger partial charge on any atom is 0.269 e. The summed E-state index contributed by atoms with van der Waals surface area (Å²) in [5, 5.41) is 20.4. The lowest BCUT2D eigenvalue weighted by Crippen LogP contribution is -2.00. The molecule has 0 N–H and O–H groups in total. The molecule has 0 amide bonds. The average Bonchev–Trinajstić information content (AvgIpc) is 2.77. The van der Waals surface area contributed by atoms with Crippen LogP contribution in [0.25, 0.3) is 11.6 Å². The molecular weight excluding hydrogens is 399 g/mol. The largest absolute Gasteiger partial charge is 0.490 e. The molecule has 0 saturated heterocycles. The molecule has 0 radical (unpaired) electrons. The quantitative estimate of drug-likeness (QED) is 0.200. The molecular formula is C24H19FN2O4. The Morgan fingerprint density at radius 3 is 2.61 bits per heavy atom. The molecule has 0 atom stereocenters. The standard InChI is InChI=1S/C24H19FN2O4/c1-2-30-24-13-17(11-20(15-26)19-6-4-7-21(25)14-19)9-10-23(24)31-16-18-5-3-8-22(12-18)27(28)29/h3-14H,2,16H2,1H3/b20-11-. The number of halogens is 1. The first-order chi connectivity index (χ1) is 15.0. The van der Waals surface area contributed by atoms with Crippen LogP contribution >= 0.6 is 0 Å². The third kappa shape index (κ3) is 5.67. The molecule has 0 aliphatic heterocycles. The molecule has 0 fully saturated rings. The first-order valence-corrected chi connectivity index (χ1v) is 9.51. The van der Waals surface area contributed by atoms with Gasteiger partial charge in [0, 0.05) is 12.1 Å². The average molecular weight is 418 g/mol. The van der Waals surface area contributed by atoms with Crippen LogP contribution in [-0.2, 0) is 6.61 Å². The number of hydrogen-bond donors (Lipinski definition) is 0. The van der Waals surface area contributed by atoms with Gasteiger partial charge in [0.2, 0.25) is 0 Å². The molecule has 0 saturated carbocycles. The van der Waals surface area contributed by atoms with E-state index in [0.29, 0.717) is 40.4 Å². The third-order valence-electron chi connectivity index (χ3n) is 4.35. The van der Waals surface area contributed by atoms with E-state index in [0.717, 1.165) is 0 Å². The molecule has 0 unspecified atom stereocenters. The molecule has 0 aliphatic carbocycles. The van der Waals surface area contributed by atoms with Crippen LogP contribution in [0.5, 0.6) is 11.5 Å². The molecule has 0 aromatic heterocycles. The number of ether oxygens (including phenoxy) is 2. The van der Waals surface area contributed by atoms with Crippen LogP contribution in [0.2, 0.25) is 0 Å². The zero-order chi connectivity index (χ0) is 22.2. The predicted molar refractivity (Wildman–Crippen MR) is 115 cm³/mol. The summed E-state index contributed by atoms with van der Waals surface area (Å²) in [5.41, 5.74) is 2.12. The molecule has 3 aromatic carbocycles. The molecule has 31 heavy (non-hydrogen) atoms. The molecule has 156 valence electrons. The van der Waals surface area contributed by atoms with Gasteiger partial charge in [0.1, 0.15) is 12.4 Å². The molecule has 0 aliphatic rings. The monoisotopic (exact) mass is 418 g/mol. The second-order valence-electron chi connectivity index (χ2n) is 6.54. The number of allylic oxidation sites excluding steroid dienone is 1. The summed E-state index contributed by atoms with van der Waals surface area (Å²) in [6.07, 6.45) is 1.64. The van der Waals surface area contributed by atoms with E-state index in [1.165, 1.54) is 24.3 Å². The Labute approximate surface area is 178 Å². The van der Waals surface area contributed by atoms with Gasteiger partial charge in [-0.2, -0.15) is 5.26 Å². The minimum atomic E-state index is -0.457. The van der Waals surface area contributed by atoms with Gasteiger partial charge in [0.25, 0.3) is 5.69 Å². The van der Waals surface area contributed by atoms with E-state index in [-0.39, 0.29) is 12.3 Å². The number of nitro groups is 1. The van der Waals surface area contributed by atoms with Gasteiger partial charge in [0.05, 0.1) is 23.2 Å². The molecule has 3 rings (SSSR count). The summed E-state index contributed by atoms with van der Waals surface area (Å²) in [4.78, 5) is 10.5. The summed E-state index contributed by atoms with van der Waals surface area (Å²) in [5.74, 6) is 0.520. The van der Waals surface area contributed by atoms with E-state index in [4.69, 9.17) is 9.47 Å². The maximum absolute atomic E-state index is 13.5. The van der Waals surface area contributed by atoms with Gasteiger partial charge in [-0.1, -0.05) is 30.3 Å². The lowest BCUT2D eigenvalue weighted by molar-refractivity contribution is -0.384. The van der Waals surface area contributed by atoms with Crippen LogP contribution in [-0.4, -0.2) is 11.5 Å². The number of nitriles is 1. The first-order valence-electron chi connectivity index (χ1n) is 9.51. The minimum absolute atomic E-state index is 0.00648. The van der Waals surface area contributed by atoms with Crippen molar-refractivity contribution >= 4 is 17.3 Å². The summed E-state index contributed by atoms with van der Waals surface area (Å²) < 4.78 is 25.0. The molecule has 0 heterocycles. The number of non-ortho nitro benzene ring substituents is 1. The van der Waals surface area contributed by atoms with Gasteiger partial charge >= 0.3 is 0 Å². The fourth-order valence-corrected chi connectivity index (χ4v) is 2.93. The minimum Gasteiger partial charge on any atom is -0.490 e. The second-order valence-corrected chi connectivity index (χ2v) is 6.54. The smallest absolute Gasteiger partial charge is 0.269 e. The van der Waals surface area contributed by atoms with E-state index in [2.05, 4.69) is 6.07 Å². The van der Waals surface area contributed by atoms with Crippen molar-refractivity contribution in [1.82, 2.24) is 0 Å². The van der Waals surface area contributed by atoms with E-state index in [9.17, 15) is 19.8 Å². The SMILES string of the molecule is CCOc1cc(/C=C(/C#N)c2cccc(F)c2)ccc1OCc1cccc([N+](=O)[O-])c1. The van der Waals surface area contributed by atoms with E-state index < -0.39 is 10.7 Å². The second kappa shape index (κ2) is 10.0. The van der Waals surface area contributed by atoms with Gasteiger partial charge in [-0.3, -0.25) is 10.1 Å². The number of nitrogens with zero attached hydrogens (tertiary/aromatic N) is 2. The van der Waals surface area contributed by atoms with Gasteiger partial charge in [-0.15, -0.1) is 0 Å². The molecule has 6 nitrogen and oxygen atoms in total. The van der Waals surface area contributed by atoms with E-state index >= 15 is 0 Å². The molecule has 0 bridgehead atoms. The number of nitro benzene ring substituents is 1. The zero-order valence-corrected chi connectivity index (χ0v) is 16.7. The van der Waals surface area contributed by atoms with E-state index in [1.807, 2.05) is 6.92 Å². The van der Waals surface area contributed by atoms with Gasteiger partial charge < -0.3 is 9.47 Å². The zero-order valence-electron chi connectivity index (χ0n) is 16.7. The van der Waals surface area contributed by atoms with Crippen molar-refractivity contribution in [1.29, 1.82) is 5.26 Å². The molecule has 3 aromatic rings. The van der Waals surface area contributed by atoms with Gasteiger partial charge in [-0.25, -0.2) is 4.39 Å². The highest BCUT2D eigenvalue weighted by molar-refractivity contribution is 5.89. The van der Waals surface area contributed by atoms with Crippen LogP contribution in [0.3, 0.4) is 0 Å². The summed E-state index contributed by atoms with van der Waals surface area (Å²) >= 11 is 0. The van der Waals surface area contributed by atoms with Crippen LogP contribution in [0.4, 0.5) is 10.1 Å². The van der Waals surface area contributed by atoms with Gasteiger partial charge in [0.15, 0.2) is 11.5 Å². The Balaban J connectivity index is 1.84. The van der Waals surface area contributed by atoms with Crippen molar-refractivity contribution < 1.29 is 18.8 Å². The molecule has 7 heteroatoms. The van der Waals surface area contributed by atoms with Crippen LogP contribution in [0, 0.1) is 27.3 Å². The highest BCUT2D eigenvalue weighted by Gasteiger charge is 2.10. The van der Waals surface area contributed by atoms with Crippen molar-refractivity contribution in [3.05, 3.63) is 99.4 Å².